The average Bonchev–Trinajstić information content (AvgIpc) is 3.33. The zero-order valence-electron chi connectivity index (χ0n) is 17.6. The third-order valence-corrected chi connectivity index (χ3v) is 8.64. The molecule has 1 atom stereocenters. The first-order valence-electron chi connectivity index (χ1n) is 10.3. The molecule has 2 aliphatic rings. The van der Waals surface area contributed by atoms with Crippen molar-refractivity contribution < 1.29 is 22.9 Å². The van der Waals surface area contributed by atoms with Gasteiger partial charge in [0, 0.05) is 43.6 Å². The van der Waals surface area contributed by atoms with Crippen LogP contribution in [0, 0.1) is 10.1 Å². The maximum absolute atomic E-state index is 13.2. The number of nitro groups is 1. The Labute approximate surface area is 195 Å². The molecule has 33 heavy (non-hydrogen) atoms. The molecular weight excluding hydrogens is 468 g/mol. The van der Waals surface area contributed by atoms with Gasteiger partial charge in [-0.15, -0.1) is 11.8 Å². The highest BCUT2D eigenvalue weighted by Gasteiger charge is 2.40. The molecule has 2 heterocycles. The summed E-state index contributed by atoms with van der Waals surface area (Å²) >= 11 is 1.50. The van der Waals surface area contributed by atoms with Crippen LogP contribution >= 0.6 is 11.8 Å². The molecule has 174 valence electrons. The Hall–Kier alpha value is -2.96. The number of nitro benzene ring substituents is 1. The normalized spacial score (nSPS) is 19.5. The number of carbonyl (C=O) groups excluding carboxylic acids is 2. The van der Waals surface area contributed by atoms with Crippen molar-refractivity contribution in [3.63, 3.8) is 0 Å². The van der Waals surface area contributed by atoms with Gasteiger partial charge in [0.15, 0.2) is 4.90 Å². The van der Waals surface area contributed by atoms with E-state index in [4.69, 9.17) is 0 Å². The standard InChI is InChI=1S/C21H22N4O6S2/c26-20(16-6-2-1-3-7-16)24-15-32-14-18(24)21(27)22-10-12-23(13-11-22)33(30,31)19-9-5-4-8-17(19)25(28)29/h1-9,18H,10-15H2/t18-/m0/s1. The van der Waals surface area contributed by atoms with Gasteiger partial charge >= 0.3 is 0 Å². The van der Waals surface area contributed by atoms with E-state index in [2.05, 4.69) is 0 Å². The Kier molecular flexibility index (Phi) is 6.68. The van der Waals surface area contributed by atoms with E-state index < -0.39 is 26.7 Å². The first kappa shape index (κ1) is 23.2. The van der Waals surface area contributed by atoms with Crippen molar-refractivity contribution in [2.45, 2.75) is 10.9 Å². The van der Waals surface area contributed by atoms with E-state index >= 15 is 0 Å². The number of para-hydroxylation sites is 1. The number of piperazine rings is 1. The van der Waals surface area contributed by atoms with E-state index in [0.717, 1.165) is 10.4 Å². The Morgan fingerprint density at radius 2 is 1.61 bits per heavy atom. The van der Waals surface area contributed by atoms with E-state index in [1.165, 1.54) is 30.0 Å². The predicted molar refractivity (Wildman–Crippen MR) is 122 cm³/mol. The molecule has 4 rings (SSSR count). The van der Waals surface area contributed by atoms with Crippen molar-refractivity contribution in [3.05, 3.63) is 70.3 Å². The molecule has 2 amide bonds. The second kappa shape index (κ2) is 9.49. The second-order valence-electron chi connectivity index (χ2n) is 7.61. The van der Waals surface area contributed by atoms with Crippen LogP contribution in [0.4, 0.5) is 5.69 Å². The quantitative estimate of drug-likeness (QED) is 0.461. The number of rotatable bonds is 5. The monoisotopic (exact) mass is 490 g/mol. The SMILES string of the molecule is O=C([C@@H]1CSCN1C(=O)c1ccccc1)N1CCN(S(=O)(=O)c2ccccc2[N+](=O)[O-])CC1. The molecule has 12 heteroatoms. The van der Waals surface area contributed by atoms with Crippen LogP contribution in [0.3, 0.4) is 0 Å². The highest BCUT2D eigenvalue weighted by molar-refractivity contribution is 7.99. The van der Waals surface area contributed by atoms with Crippen molar-refractivity contribution in [1.82, 2.24) is 14.1 Å². The van der Waals surface area contributed by atoms with Crippen molar-refractivity contribution in [3.8, 4) is 0 Å². The Morgan fingerprint density at radius 1 is 0.970 bits per heavy atom. The number of sulfonamides is 1. The van der Waals surface area contributed by atoms with Gasteiger partial charge in [-0.2, -0.15) is 4.31 Å². The molecule has 0 unspecified atom stereocenters. The zero-order chi connectivity index (χ0) is 23.6. The number of hydrogen-bond acceptors (Lipinski definition) is 7. The van der Waals surface area contributed by atoms with E-state index in [1.54, 1.807) is 34.1 Å². The molecule has 2 fully saturated rings. The Morgan fingerprint density at radius 3 is 2.27 bits per heavy atom. The van der Waals surface area contributed by atoms with Gasteiger partial charge in [-0.1, -0.05) is 30.3 Å². The Balaban J connectivity index is 1.44. The lowest BCUT2D eigenvalue weighted by atomic mass is 10.1. The van der Waals surface area contributed by atoms with Gasteiger partial charge in [0.2, 0.25) is 15.9 Å². The van der Waals surface area contributed by atoms with Crippen LogP contribution in [0.5, 0.6) is 0 Å². The number of amides is 2. The summed E-state index contributed by atoms with van der Waals surface area (Å²) in [5.41, 5.74) is 0.0345. The summed E-state index contributed by atoms with van der Waals surface area (Å²) in [6.45, 7) is 0.333. The van der Waals surface area contributed by atoms with Crippen LogP contribution < -0.4 is 0 Å². The van der Waals surface area contributed by atoms with E-state index in [-0.39, 0.29) is 42.9 Å². The molecular formula is C21H22N4O6S2. The molecule has 2 saturated heterocycles. The molecule has 0 radical (unpaired) electrons. The summed E-state index contributed by atoms with van der Waals surface area (Å²) < 4.78 is 27.2. The summed E-state index contributed by atoms with van der Waals surface area (Å²) in [5, 5.41) is 11.3. The van der Waals surface area contributed by atoms with Gasteiger partial charge < -0.3 is 9.80 Å². The topological polar surface area (TPSA) is 121 Å². The highest BCUT2D eigenvalue weighted by atomic mass is 32.2. The smallest absolute Gasteiger partial charge is 0.289 e. The fourth-order valence-electron chi connectivity index (χ4n) is 3.92. The fraction of sp³-hybridized carbons (Fsp3) is 0.333. The van der Waals surface area contributed by atoms with Gasteiger partial charge in [-0.25, -0.2) is 8.42 Å². The first-order chi connectivity index (χ1) is 15.8. The minimum Gasteiger partial charge on any atom is -0.338 e. The predicted octanol–water partition coefficient (Wildman–Crippen LogP) is 1.64. The number of thioether (sulfide) groups is 1. The van der Waals surface area contributed by atoms with Crippen LogP contribution in [0.15, 0.2) is 59.5 Å². The minimum atomic E-state index is -4.08. The Bertz CT molecular complexity index is 1170. The second-order valence-corrected chi connectivity index (χ2v) is 10.5. The van der Waals surface area contributed by atoms with Crippen molar-refractivity contribution >= 4 is 39.3 Å². The summed E-state index contributed by atoms with van der Waals surface area (Å²) in [6, 6.07) is 13.4. The van der Waals surface area contributed by atoms with E-state index in [0.29, 0.717) is 17.2 Å². The molecule has 0 bridgehead atoms. The van der Waals surface area contributed by atoms with Crippen molar-refractivity contribution in [1.29, 1.82) is 0 Å². The van der Waals surface area contributed by atoms with Gasteiger partial charge in [0.25, 0.3) is 11.6 Å². The van der Waals surface area contributed by atoms with Crippen LogP contribution in [-0.2, 0) is 14.8 Å². The van der Waals surface area contributed by atoms with Gasteiger partial charge in [-0.3, -0.25) is 19.7 Å². The van der Waals surface area contributed by atoms with Crippen LogP contribution in [0.2, 0.25) is 0 Å². The molecule has 10 nitrogen and oxygen atoms in total. The largest absolute Gasteiger partial charge is 0.338 e. The lowest BCUT2D eigenvalue weighted by molar-refractivity contribution is -0.387. The van der Waals surface area contributed by atoms with Crippen molar-refractivity contribution in [2.24, 2.45) is 0 Å². The van der Waals surface area contributed by atoms with E-state index in [9.17, 15) is 28.1 Å². The molecule has 0 saturated carbocycles. The maximum atomic E-state index is 13.2. The number of carbonyl (C=O) groups is 2. The summed E-state index contributed by atoms with van der Waals surface area (Å²) in [7, 11) is -4.08. The zero-order valence-corrected chi connectivity index (χ0v) is 19.2. The molecule has 2 aliphatic heterocycles. The lowest BCUT2D eigenvalue weighted by Crippen LogP contribution is -2.55. The van der Waals surface area contributed by atoms with Gasteiger partial charge in [0.05, 0.1) is 10.8 Å². The number of benzene rings is 2. The summed E-state index contributed by atoms with van der Waals surface area (Å²) in [5.74, 6) is 0.464. The number of hydrogen-bond donors (Lipinski definition) is 0. The molecule has 0 N–H and O–H groups in total. The molecule has 0 aliphatic carbocycles. The third-order valence-electron chi connectivity index (χ3n) is 5.68. The van der Waals surface area contributed by atoms with Gasteiger partial charge in [-0.05, 0) is 18.2 Å². The summed E-state index contributed by atoms with van der Waals surface area (Å²) in [6.07, 6.45) is 0. The number of nitrogens with zero attached hydrogens (tertiary/aromatic N) is 4. The maximum Gasteiger partial charge on any atom is 0.289 e. The molecule has 0 spiro atoms. The van der Waals surface area contributed by atoms with Crippen molar-refractivity contribution in [2.75, 3.05) is 37.8 Å². The van der Waals surface area contributed by atoms with Gasteiger partial charge in [0.1, 0.15) is 6.04 Å². The lowest BCUT2D eigenvalue weighted by Gasteiger charge is -2.36. The summed E-state index contributed by atoms with van der Waals surface area (Å²) in [4.78, 5) is 39.4. The highest BCUT2D eigenvalue weighted by Crippen LogP contribution is 2.28. The van der Waals surface area contributed by atoms with Crippen LogP contribution in [0.1, 0.15) is 10.4 Å². The molecule has 2 aromatic carbocycles. The average molecular weight is 491 g/mol. The molecule has 2 aromatic rings. The molecule has 0 aromatic heterocycles. The first-order valence-corrected chi connectivity index (χ1v) is 12.9. The third kappa shape index (κ3) is 4.59. The van der Waals surface area contributed by atoms with Crippen LogP contribution in [0.25, 0.3) is 0 Å². The van der Waals surface area contributed by atoms with Crippen LogP contribution in [-0.4, -0.2) is 83.1 Å². The minimum absolute atomic E-state index is 0.0205. The van der Waals surface area contributed by atoms with E-state index in [1.807, 2.05) is 6.07 Å². The fourth-order valence-corrected chi connectivity index (χ4v) is 6.64.